The zero-order valence-electron chi connectivity index (χ0n) is 18.9. The molecule has 2 heterocycles. The molecule has 0 bridgehead atoms. The Hall–Kier alpha value is -2.81. The number of para-hydroxylation sites is 1. The number of carbonyl (C=O) groups excluding carboxylic acids is 1. The van der Waals surface area contributed by atoms with E-state index in [4.69, 9.17) is 10.9 Å². The Kier molecular flexibility index (Phi) is 6.55. The Morgan fingerprint density at radius 3 is 2.56 bits per heavy atom. The molecule has 0 saturated heterocycles. The number of aromatic nitrogens is 5. The third kappa shape index (κ3) is 4.98. The lowest BCUT2D eigenvalue weighted by atomic mass is 9.89. The molecule has 0 spiro atoms. The molecule has 4 rings (SSSR count). The third-order valence-corrected chi connectivity index (χ3v) is 6.68. The average Bonchev–Trinajstić information content (AvgIpc) is 3.37. The van der Waals surface area contributed by atoms with Crippen LogP contribution in [0.5, 0.6) is 0 Å². The zero-order chi connectivity index (χ0) is 22.7. The molecule has 3 aromatic rings. The number of anilines is 1. The Bertz CT molecular complexity index is 1060. The summed E-state index contributed by atoms with van der Waals surface area (Å²) < 4.78 is 3.33. The topological polar surface area (TPSA) is 104 Å². The van der Waals surface area contributed by atoms with Crippen molar-refractivity contribution >= 4 is 23.5 Å². The first-order valence-corrected chi connectivity index (χ1v) is 12.1. The van der Waals surface area contributed by atoms with E-state index >= 15 is 0 Å². The van der Waals surface area contributed by atoms with E-state index in [1.165, 1.54) is 31.0 Å². The fourth-order valence-electron chi connectivity index (χ4n) is 3.94. The highest BCUT2D eigenvalue weighted by atomic mass is 32.2. The number of benzene rings is 1. The molecule has 0 unspecified atom stereocenters. The molecule has 0 radical (unpaired) electrons. The van der Waals surface area contributed by atoms with Gasteiger partial charge in [0.25, 0.3) is 0 Å². The van der Waals surface area contributed by atoms with Crippen LogP contribution in [0, 0.1) is 0 Å². The molecule has 1 saturated carbocycles. The van der Waals surface area contributed by atoms with Crippen LogP contribution in [0.1, 0.15) is 70.3 Å². The summed E-state index contributed by atoms with van der Waals surface area (Å²) in [5.41, 5.74) is 1.66. The van der Waals surface area contributed by atoms with E-state index in [1.54, 1.807) is 9.36 Å². The number of nitrogen functional groups attached to an aromatic ring is 1. The minimum Gasteiger partial charge on any atom is -0.336 e. The van der Waals surface area contributed by atoms with E-state index in [0.717, 1.165) is 30.0 Å². The maximum atomic E-state index is 12.8. The number of hydrogen-bond acceptors (Lipinski definition) is 6. The van der Waals surface area contributed by atoms with Gasteiger partial charge in [0.2, 0.25) is 11.1 Å². The Morgan fingerprint density at radius 2 is 1.88 bits per heavy atom. The van der Waals surface area contributed by atoms with Crippen molar-refractivity contribution < 1.29 is 4.79 Å². The number of nitrogens with one attached hydrogen (secondary N) is 1. The van der Waals surface area contributed by atoms with Gasteiger partial charge in [-0.2, -0.15) is 5.10 Å². The third-order valence-electron chi connectivity index (χ3n) is 5.74. The molecule has 1 aromatic carbocycles. The maximum absolute atomic E-state index is 12.8. The standard InChI is InChI=1S/C23H31N7OS/c1-23(2,3)18-14-19(30(28-18)17-12-8-5-9-13-17)25-20(31)15-32-22-27-26-21(29(22)24)16-10-6-4-7-11-16/h5,8-9,12-14,16H,4,6-7,10-11,15,24H2,1-3H3,(H,25,31). The van der Waals surface area contributed by atoms with Gasteiger partial charge < -0.3 is 11.2 Å². The lowest BCUT2D eigenvalue weighted by molar-refractivity contribution is -0.113. The minimum atomic E-state index is -0.144. The number of rotatable bonds is 6. The SMILES string of the molecule is CC(C)(C)c1cc(NC(=O)CSc2nnc(C3CCCCC3)n2N)n(-c2ccccc2)n1. The summed E-state index contributed by atoms with van der Waals surface area (Å²) in [6.45, 7) is 6.30. The van der Waals surface area contributed by atoms with Gasteiger partial charge in [0, 0.05) is 17.4 Å². The molecule has 32 heavy (non-hydrogen) atoms. The smallest absolute Gasteiger partial charge is 0.236 e. The molecule has 1 aliphatic rings. The van der Waals surface area contributed by atoms with Gasteiger partial charge in [-0.3, -0.25) is 4.79 Å². The van der Waals surface area contributed by atoms with Crippen molar-refractivity contribution in [3.63, 3.8) is 0 Å². The first-order valence-electron chi connectivity index (χ1n) is 11.1. The van der Waals surface area contributed by atoms with Crippen molar-refractivity contribution in [2.45, 2.75) is 69.4 Å². The molecule has 0 atom stereocenters. The van der Waals surface area contributed by atoms with Crippen LogP contribution in [0.25, 0.3) is 5.69 Å². The van der Waals surface area contributed by atoms with Gasteiger partial charge in [0.1, 0.15) is 5.82 Å². The molecule has 1 fully saturated rings. The van der Waals surface area contributed by atoms with Gasteiger partial charge in [-0.1, -0.05) is 70.0 Å². The normalized spacial score (nSPS) is 15.1. The second-order valence-corrected chi connectivity index (χ2v) is 10.2. The van der Waals surface area contributed by atoms with Crippen LogP contribution in [-0.2, 0) is 10.2 Å². The first kappa shape index (κ1) is 22.4. The number of nitrogens with zero attached hydrogens (tertiary/aromatic N) is 5. The maximum Gasteiger partial charge on any atom is 0.236 e. The highest BCUT2D eigenvalue weighted by molar-refractivity contribution is 7.99. The van der Waals surface area contributed by atoms with Gasteiger partial charge in [0.05, 0.1) is 17.1 Å². The van der Waals surface area contributed by atoms with Gasteiger partial charge in [-0.05, 0) is 25.0 Å². The molecule has 1 amide bonds. The van der Waals surface area contributed by atoms with E-state index in [2.05, 4.69) is 36.3 Å². The van der Waals surface area contributed by atoms with Gasteiger partial charge >= 0.3 is 0 Å². The fourth-order valence-corrected chi connectivity index (χ4v) is 4.60. The van der Waals surface area contributed by atoms with E-state index in [9.17, 15) is 4.79 Å². The lowest BCUT2D eigenvalue weighted by Crippen LogP contribution is -2.20. The van der Waals surface area contributed by atoms with Crippen LogP contribution >= 0.6 is 11.8 Å². The molecule has 170 valence electrons. The molecular weight excluding hydrogens is 422 g/mol. The van der Waals surface area contributed by atoms with Crippen LogP contribution in [0.15, 0.2) is 41.6 Å². The summed E-state index contributed by atoms with van der Waals surface area (Å²) in [4.78, 5) is 12.8. The number of nitrogens with two attached hydrogens (primary N) is 1. The fraction of sp³-hybridized carbons (Fsp3) is 0.478. The largest absolute Gasteiger partial charge is 0.336 e. The van der Waals surface area contributed by atoms with Crippen molar-refractivity contribution in [2.75, 3.05) is 16.9 Å². The molecule has 3 N–H and O–H groups in total. The Labute approximate surface area is 192 Å². The van der Waals surface area contributed by atoms with Crippen LogP contribution in [-0.4, -0.2) is 36.3 Å². The van der Waals surface area contributed by atoms with Crippen molar-refractivity contribution in [3.8, 4) is 5.69 Å². The highest BCUT2D eigenvalue weighted by Crippen LogP contribution is 2.32. The summed E-state index contributed by atoms with van der Waals surface area (Å²) in [6.07, 6.45) is 5.87. The van der Waals surface area contributed by atoms with E-state index in [0.29, 0.717) is 16.9 Å². The van der Waals surface area contributed by atoms with Crippen LogP contribution < -0.4 is 11.2 Å². The first-order chi connectivity index (χ1) is 15.3. The van der Waals surface area contributed by atoms with Crippen LogP contribution in [0.2, 0.25) is 0 Å². The summed E-state index contributed by atoms with van der Waals surface area (Å²) in [5.74, 6) is 8.12. The van der Waals surface area contributed by atoms with Crippen LogP contribution in [0.4, 0.5) is 5.82 Å². The monoisotopic (exact) mass is 453 g/mol. The second-order valence-electron chi connectivity index (χ2n) is 9.29. The average molecular weight is 454 g/mol. The molecule has 1 aliphatic carbocycles. The molecule has 9 heteroatoms. The summed E-state index contributed by atoms with van der Waals surface area (Å²) >= 11 is 1.30. The molecule has 2 aromatic heterocycles. The molecule has 0 aliphatic heterocycles. The zero-order valence-corrected chi connectivity index (χ0v) is 19.7. The van der Waals surface area contributed by atoms with Crippen molar-refractivity contribution in [2.24, 2.45) is 0 Å². The van der Waals surface area contributed by atoms with Gasteiger partial charge in [-0.15, -0.1) is 10.2 Å². The molecular formula is C23H31N7OS. The lowest BCUT2D eigenvalue weighted by Gasteiger charge is -2.20. The van der Waals surface area contributed by atoms with Crippen molar-refractivity contribution in [1.82, 2.24) is 24.7 Å². The van der Waals surface area contributed by atoms with E-state index in [1.807, 2.05) is 36.4 Å². The van der Waals surface area contributed by atoms with Crippen LogP contribution in [0.3, 0.4) is 0 Å². The highest BCUT2D eigenvalue weighted by Gasteiger charge is 2.24. The Morgan fingerprint density at radius 1 is 1.16 bits per heavy atom. The quantitative estimate of drug-likeness (QED) is 0.427. The second kappa shape index (κ2) is 9.36. The summed E-state index contributed by atoms with van der Waals surface area (Å²) in [5, 5.41) is 16.8. The predicted octanol–water partition coefficient (Wildman–Crippen LogP) is 4.25. The molecule has 8 nitrogen and oxygen atoms in total. The van der Waals surface area contributed by atoms with E-state index in [-0.39, 0.29) is 17.1 Å². The summed E-state index contributed by atoms with van der Waals surface area (Å²) in [6, 6.07) is 11.7. The minimum absolute atomic E-state index is 0.139. The number of amides is 1. The van der Waals surface area contributed by atoms with Gasteiger partial charge in [0.15, 0.2) is 5.82 Å². The van der Waals surface area contributed by atoms with E-state index < -0.39 is 0 Å². The predicted molar refractivity (Wildman–Crippen MR) is 128 cm³/mol. The Balaban J connectivity index is 1.45. The van der Waals surface area contributed by atoms with Crippen molar-refractivity contribution in [3.05, 3.63) is 47.9 Å². The summed E-state index contributed by atoms with van der Waals surface area (Å²) in [7, 11) is 0. The van der Waals surface area contributed by atoms with Gasteiger partial charge in [-0.25, -0.2) is 9.36 Å². The number of carbonyl (C=O) groups is 1. The van der Waals surface area contributed by atoms with Crippen molar-refractivity contribution in [1.29, 1.82) is 0 Å². The number of hydrogen-bond donors (Lipinski definition) is 2. The number of thioether (sulfide) groups is 1.